The van der Waals surface area contributed by atoms with Gasteiger partial charge in [0.25, 0.3) is 0 Å². The van der Waals surface area contributed by atoms with E-state index in [2.05, 4.69) is 10.4 Å². The molecular formula is C17H21N5O4. The Hall–Kier alpha value is -3.07. The molecule has 0 unspecified atom stereocenters. The van der Waals surface area contributed by atoms with Gasteiger partial charge in [-0.05, 0) is 30.7 Å². The zero-order chi connectivity index (χ0) is 18.5. The number of benzene rings is 1. The molecule has 2 heterocycles. The van der Waals surface area contributed by atoms with Gasteiger partial charge in [0.1, 0.15) is 18.4 Å². The van der Waals surface area contributed by atoms with Crippen LogP contribution in [-0.4, -0.2) is 47.0 Å². The van der Waals surface area contributed by atoms with Crippen LogP contribution in [0.5, 0.6) is 5.75 Å². The molecule has 2 aromatic rings. The van der Waals surface area contributed by atoms with Crippen molar-refractivity contribution in [2.24, 2.45) is 5.73 Å². The number of ether oxygens (including phenoxy) is 2. The van der Waals surface area contributed by atoms with Crippen molar-refractivity contribution in [2.75, 3.05) is 18.9 Å². The summed E-state index contributed by atoms with van der Waals surface area (Å²) in [5.74, 6) is -0.107. The van der Waals surface area contributed by atoms with Crippen molar-refractivity contribution in [3.8, 4) is 5.75 Å². The van der Waals surface area contributed by atoms with E-state index in [1.54, 1.807) is 30.5 Å². The van der Waals surface area contributed by atoms with Crippen molar-refractivity contribution < 1.29 is 19.1 Å². The molecule has 1 aliphatic heterocycles. The van der Waals surface area contributed by atoms with Crippen LogP contribution in [0.2, 0.25) is 0 Å². The highest BCUT2D eigenvalue weighted by Gasteiger charge is 2.29. The van der Waals surface area contributed by atoms with E-state index >= 15 is 0 Å². The van der Waals surface area contributed by atoms with E-state index in [1.165, 1.54) is 10.9 Å². The molecule has 9 heteroatoms. The van der Waals surface area contributed by atoms with Crippen LogP contribution >= 0.6 is 0 Å². The molecule has 0 aliphatic carbocycles. The Bertz CT molecular complexity index is 774. The first-order valence-electron chi connectivity index (χ1n) is 8.23. The number of nitrogens with zero attached hydrogens (tertiary/aromatic N) is 2. The summed E-state index contributed by atoms with van der Waals surface area (Å²) in [4.78, 5) is 23.4. The summed E-state index contributed by atoms with van der Waals surface area (Å²) in [5.41, 5.74) is 11.7. The lowest BCUT2D eigenvalue weighted by molar-refractivity contribution is -0.124. The molecule has 0 radical (unpaired) electrons. The summed E-state index contributed by atoms with van der Waals surface area (Å²) in [7, 11) is 0. The van der Waals surface area contributed by atoms with Gasteiger partial charge in [-0.3, -0.25) is 14.3 Å². The van der Waals surface area contributed by atoms with Crippen molar-refractivity contribution >= 4 is 17.5 Å². The summed E-state index contributed by atoms with van der Waals surface area (Å²) in [6.07, 6.45) is 3.38. The first-order chi connectivity index (χ1) is 12.5. The molecule has 2 atom stereocenters. The minimum Gasteiger partial charge on any atom is -0.486 e. The van der Waals surface area contributed by atoms with E-state index in [0.717, 1.165) is 0 Å². The maximum Gasteiger partial charge on any atom is 0.248 e. The Morgan fingerprint density at radius 3 is 2.77 bits per heavy atom. The number of amides is 2. The molecule has 0 bridgehead atoms. The number of hydrogen-bond donors (Lipinski definition) is 3. The van der Waals surface area contributed by atoms with Crippen molar-refractivity contribution in [1.29, 1.82) is 0 Å². The van der Waals surface area contributed by atoms with E-state index in [0.29, 0.717) is 36.6 Å². The summed E-state index contributed by atoms with van der Waals surface area (Å²) in [6.45, 7) is 0.978. The third-order valence-corrected chi connectivity index (χ3v) is 4.04. The van der Waals surface area contributed by atoms with Gasteiger partial charge in [-0.1, -0.05) is 0 Å². The highest BCUT2D eigenvalue weighted by atomic mass is 16.5. The Kier molecular flexibility index (Phi) is 5.37. The molecule has 138 valence electrons. The fraction of sp³-hybridized carbons (Fsp3) is 0.353. The molecule has 3 rings (SSSR count). The fourth-order valence-electron chi connectivity index (χ4n) is 2.73. The lowest BCUT2D eigenvalue weighted by Gasteiger charge is -2.32. The highest BCUT2D eigenvalue weighted by Crippen LogP contribution is 2.18. The molecule has 1 aromatic heterocycles. The Labute approximate surface area is 150 Å². The number of rotatable bonds is 6. The molecule has 1 fully saturated rings. The standard InChI is InChI=1S/C17H21N5O4/c18-12-7-20-22(8-12)9-16(23)21-14-5-6-25-10-15(14)26-13-3-1-11(2-4-13)17(19)24/h1-4,7-8,14-15H,5-6,9-10,18H2,(H2,19,24)(H,21,23)/t14-,15-/m1/s1. The van der Waals surface area contributed by atoms with Gasteiger partial charge in [0.05, 0.1) is 24.5 Å². The van der Waals surface area contributed by atoms with Crippen LogP contribution in [0.4, 0.5) is 5.69 Å². The molecule has 1 aromatic carbocycles. The van der Waals surface area contributed by atoms with Gasteiger partial charge in [-0.2, -0.15) is 5.10 Å². The average Bonchev–Trinajstić information content (AvgIpc) is 3.02. The molecule has 0 spiro atoms. The summed E-state index contributed by atoms with van der Waals surface area (Å²) >= 11 is 0. The number of hydrogen-bond acceptors (Lipinski definition) is 6. The minimum atomic E-state index is -0.498. The first kappa shape index (κ1) is 17.7. The second kappa shape index (κ2) is 7.87. The van der Waals surface area contributed by atoms with Crippen molar-refractivity contribution in [3.05, 3.63) is 42.2 Å². The summed E-state index contributed by atoms with van der Waals surface area (Å²) in [5, 5.41) is 6.95. The quantitative estimate of drug-likeness (QED) is 0.660. The Balaban J connectivity index is 1.60. The molecule has 26 heavy (non-hydrogen) atoms. The van der Waals surface area contributed by atoms with Crippen LogP contribution in [0.15, 0.2) is 36.7 Å². The third kappa shape index (κ3) is 4.51. The molecule has 0 saturated carbocycles. The lowest BCUT2D eigenvalue weighted by atomic mass is 10.1. The maximum atomic E-state index is 12.2. The molecule has 5 N–H and O–H groups in total. The van der Waals surface area contributed by atoms with Gasteiger partial charge in [-0.15, -0.1) is 0 Å². The molecule has 2 amide bonds. The van der Waals surface area contributed by atoms with Crippen LogP contribution in [0.25, 0.3) is 0 Å². The molecule has 1 aliphatic rings. The SMILES string of the molecule is NC(=O)c1ccc(O[C@@H]2COCC[C@H]2NC(=O)Cn2cc(N)cn2)cc1. The normalized spacial score (nSPS) is 19.7. The van der Waals surface area contributed by atoms with E-state index in [1.807, 2.05) is 0 Å². The maximum absolute atomic E-state index is 12.2. The van der Waals surface area contributed by atoms with Crippen LogP contribution in [-0.2, 0) is 16.1 Å². The largest absolute Gasteiger partial charge is 0.486 e. The monoisotopic (exact) mass is 359 g/mol. The smallest absolute Gasteiger partial charge is 0.248 e. The van der Waals surface area contributed by atoms with Gasteiger partial charge in [0.2, 0.25) is 11.8 Å². The fourth-order valence-corrected chi connectivity index (χ4v) is 2.73. The summed E-state index contributed by atoms with van der Waals surface area (Å²) < 4.78 is 12.9. The van der Waals surface area contributed by atoms with Crippen LogP contribution in [0.3, 0.4) is 0 Å². The second-order valence-electron chi connectivity index (χ2n) is 6.05. The number of carbonyl (C=O) groups is 2. The zero-order valence-corrected chi connectivity index (χ0v) is 14.1. The van der Waals surface area contributed by atoms with E-state index in [-0.39, 0.29) is 24.6 Å². The number of nitrogens with two attached hydrogens (primary N) is 2. The minimum absolute atomic E-state index is 0.0780. The van der Waals surface area contributed by atoms with Gasteiger partial charge >= 0.3 is 0 Å². The number of primary amides is 1. The van der Waals surface area contributed by atoms with Crippen molar-refractivity contribution in [2.45, 2.75) is 25.1 Å². The average molecular weight is 359 g/mol. The number of anilines is 1. The van der Waals surface area contributed by atoms with Crippen molar-refractivity contribution in [3.63, 3.8) is 0 Å². The zero-order valence-electron chi connectivity index (χ0n) is 14.1. The molecule has 9 nitrogen and oxygen atoms in total. The lowest BCUT2D eigenvalue weighted by Crippen LogP contribution is -2.52. The first-order valence-corrected chi connectivity index (χ1v) is 8.23. The van der Waals surface area contributed by atoms with E-state index in [4.69, 9.17) is 20.9 Å². The van der Waals surface area contributed by atoms with E-state index in [9.17, 15) is 9.59 Å². The predicted molar refractivity (Wildman–Crippen MR) is 93.4 cm³/mol. The Morgan fingerprint density at radius 1 is 1.35 bits per heavy atom. The Morgan fingerprint density at radius 2 is 2.12 bits per heavy atom. The highest BCUT2D eigenvalue weighted by molar-refractivity contribution is 5.92. The van der Waals surface area contributed by atoms with Crippen LogP contribution in [0.1, 0.15) is 16.8 Å². The van der Waals surface area contributed by atoms with Crippen LogP contribution < -0.4 is 21.5 Å². The number of nitrogens with one attached hydrogen (secondary N) is 1. The number of carbonyl (C=O) groups excluding carboxylic acids is 2. The predicted octanol–water partition coefficient (Wildman–Crippen LogP) is -0.0831. The van der Waals surface area contributed by atoms with Crippen LogP contribution in [0, 0.1) is 0 Å². The third-order valence-electron chi connectivity index (χ3n) is 4.04. The number of nitrogen functional groups attached to an aromatic ring is 1. The van der Waals surface area contributed by atoms with Gasteiger partial charge in [-0.25, -0.2) is 0 Å². The second-order valence-corrected chi connectivity index (χ2v) is 6.05. The molecular weight excluding hydrogens is 338 g/mol. The van der Waals surface area contributed by atoms with E-state index < -0.39 is 5.91 Å². The van der Waals surface area contributed by atoms with Gasteiger partial charge in [0, 0.05) is 18.4 Å². The van der Waals surface area contributed by atoms with Gasteiger partial charge in [0.15, 0.2) is 0 Å². The number of aromatic nitrogens is 2. The molecule has 1 saturated heterocycles. The topological polar surface area (TPSA) is 134 Å². The van der Waals surface area contributed by atoms with Crippen molar-refractivity contribution in [1.82, 2.24) is 15.1 Å². The summed E-state index contributed by atoms with van der Waals surface area (Å²) in [6, 6.07) is 6.33. The van der Waals surface area contributed by atoms with Gasteiger partial charge < -0.3 is 26.3 Å².